The first-order valence-corrected chi connectivity index (χ1v) is 8.04. The molecular formula is C15H32BrN. The number of hydrogen-bond acceptors (Lipinski definition) is 1. The number of hydrogen-bond donors (Lipinski definition) is 1. The van der Waals surface area contributed by atoms with E-state index in [1.807, 2.05) is 6.92 Å². The van der Waals surface area contributed by atoms with Gasteiger partial charge in [0, 0.05) is 0 Å². The van der Waals surface area contributed by atoms with Crippen LogP contribution >= 0.6 is 15.9 Å². The average molecular weight is 306 g/mol. The molecule has 1 atom stereocenters. The predicted molar refractivity (Wildman–Crippen MR) is 82.5 cm³/mol. The molecule has 2 N–H and O–H groups in total. The second kappa shape index (κ2) is 8.53. The van der Waals surface area contributed by atoms with Crippen LogP contribution in [0.5, 0.6) is 0 Å². The Morgan fingerprint density at radius 3 is 1.76 bits per heavy atom. The molecule has 0 rings (SSSR count). The third kappa shape index (κ3) is 12.7. The molecule has 0 spiro atoms. The topological polar surface area (TPSA) is 26.0 Å². The Labute approximate surface area is 117 Å². The summed E-state index contributed by atoms with van der Waals surface area (Å²) in [6.45, 7) is 9.13. The van der Waals surface area contributed by atoms with Crippen molar-refractivity contribution in [2.45, 2.75) is 89.9 Å². The normalized spacial score (nSPS) is 15.9. The molecule has 104 valence electrons. The molecular weight excluding hydrogens is 274 g/mol. The Morgan fingerprint density at radius 1 is 0.824 bits per heavy atom. The van der Waals surface area contributed by atoms with Crippen LogP contribution in [-0.4, -0.2) is 4.45 Å². The van der Waals surface area contributed by atoms with Gasteiger partial charge in [-0.2, -0.15) is 0 Å². The molecule has 0 fully saturated rings. The fourth-order valence-electron chi connectivity index (χ4n) is 2.41. The van der Waals surface area contributed by atoms with Crippen molar-refractivity contribution < 1.29 is 0 Å². The van der Waals surface area contributed by atoms with E-state index < -0.39 is 0 Å². The number of alkyl halides is 1. The van der Waals surface area contributed by atoms with Crippen molar-refractivity contribution in [3.63, 3.8) is 0 Å². The van der Waals surface area contributed by atoms with E-state index in [1.165, 1.54) is 51.4 Å². The van der Waals surface area contributed by atoms with Gasteiger partial charge in [0.15, 0.2) is 0 Å². The highest BCUT2D eigenvalue weighted by atomic mass is 79.9. The van der Waals surface area contributed by atoms with Crippen LogP contribution in [0.2, 0.25) is 0 Å². The van der Waals surface area contributed by atoms with Gasteiger partial charge in [-0.3, -0.25) is 0 Å². The first-order valence-electron chi connectivity index (χ1n) is 7.25. The van der Waals surface area contributed by atoms with Gasteiger partial charge in [-0.15, -0.1) is 0 Å². The second-order valence-corrected chi connectivity index (χ2v) is 8.27. The summed E-state index contributed by atoms with van der Waals surface area (Å²) in [6, 6.07) is 0. The molecule has 1 nitrogen and oxygen atoms in total. The van der Waals surface area contributed by atoms with Crippen molar-refractivity contribution in [2.75, 3.05) is 0 Å². The molecule has 0 amide bonds. The molecule has 0 aromatic carbocycles. The minimum Gasteiger partial charge on any atom is -0.317 e. The van der Waals surface area contributed by atoms with Crippen LogP contribution in [0.4, 0.5) is 0 Å². The average Bonchev–Trinajstić information content (AvgIpc) is 2.14. The van der Waals surface area contributed by atoms with Crippen molar-refractivity contribution in [1.29, 1.82) is 0 Å². The van der Waals surface area contributed by atoms with E-state index in [0.717, 1.165) is 6.42 Å². The maximum atomic E-state index is 5.88. The smallest absolute Gasteiger partial charge is 0.0688 e. The molecule has 0 heterocycles. The lowest BCUT2D eigenvalue weighted by atomic mass is 9.83. The zero-order chi connectivity index (χ0) is 13.4. The van der Waals surface area contributed by atoms with E-state index in [4.69, 9.17) is 5.73 Å². The number of rotatable bonds is 10. The molecule has 0 saturated carbocycles. The summed E-state index contributed by atoms with van der Waals surface area (Å²) >= 11 is 3.48. The van der Waals surface area contributed by atoms with Gasteiger partial charge in [0.05, 0.1) is 4.45 Å². The SMILES string of the molecule is CCCC(C)(C)CCCCCCCC(C)(N)Br. The monoisotopic (exact) mass is 305 g/mol. The van der Waals surface area contributed by atoms with Gasteiger partial charge in [0.25, 0.3) is 0 Å². The van der Waals surface area contributed by atoms with Crippen LogP contribution in [0.25, 0.3) is 0 Å². The second-order valence-electron chi connectivity index (χ2n) is 6.46. The summed E-state index contributed by atoms with van der Waals surface area (Å²) in [7, 11) is 0. The molecule has 0 aliphatic rings. The third-order valence-corrected chi connectivity index (χ3v) is 3.84. The molecule has 17 heavy (non-hydrogen) atoms. The Kier molecular flexibility index (Phi) is 8.75. The number of nitrogens with two attached hydrogens (primary N) is 1. The van der Waals surface area contributed by atoms with Crippen molar-refractivity contribution >= 4 is 15.9 Å². The first kappa shape index (κ1) is 17.4. The summed E-state index contributed by atoms with van der Waals surface area (Å²) in [5.41, 5.74) is 6.44. The summed E-state index contributed by atoms with van der Waals surface area (Å²) in [4.78, 5) is 0. The van der Waals surface area contributed by atoms with Crippen molar-refractivity contribution in [1.82, 2.24) is 0 Å². The van der Waals surface area contributed by atoms with E-state index >= 15 is 0 Å². The molecule has 0 aromatic rings. The maximum Gasteiger partial charge on any atom is 0.0688 e. The number of halogens is 1. The van der Waals surface area contributed by atoms with Crippen LogP contribution in [0, 0.1) is 5.41 Å². The Hall–Kier alpha value is 0.440. The van der Waals surface area contributed by atoms with E-state index in [9.17, 15) is 0 Å². The van der Waals surface area contributed by atoms with Crippen molar-refractivity contribution in [3.05, 3.63) is 0 Å². The highest BCUT2D eigenvalue weighted by Crippen LogP contribution is 2.29. The van der Waals surface area contributed by atoms with Gasteiger partial charge < -0.3 is 5.73 Å². The van der Waals surface area contributed by atoms with Gasteiger partial charge in [-0.25, -0.2) is 0 Å². The van der Waals surface area contributed by atoms with Crippen molar-refractivity contribution in [2.24, 2.45) is 11.1 Å². The minimum atomic E-state index is -0.157. The van der Waals surface area contributed by atoms with E-state index in [2.05, 4.69) is 36.7 Å². The van der Waals surface area contributed by atoms with Crippen molar-refractivity contribution in [3.8, 4) is 0 Å². The lowest BCUT2D eigenvalue weighted by Gasteiger charge is -2.23. The summed E-state index contributed by atoms with van der Waals surface area (Å²) in [5, 5.41) is 0. The molecule has 0 radical (unpaired) electrons. The summed E-state index contributed by atoms with van der Waals surface area (Å²) < 4.78 is -0.157. The molecule has 0 saturated heterocycles. The van der Waals surface area contributed by atoms with Crippen LogP contribution < -0.4 is 5.73 Å². The lowest BCUT2D eigenvalue weighted by Crippen LogP contribution is -2.27. The van der Waals surface area contributed by atoms with Gasteiger partial charge in [0.2, 0.25) is 0 Å². The lowest BCUT2D eigenvalue weighted by molar-refractivity contribution is 0.291. The maximum absolute atomic E-state index is 5.88. The van der Waals surface area contributed by atoms with Gasteiger partial charge in [-0.1, -0.05) is 75.2 Å². The van der Waals surface area contributed by atoms with Gasteiger partial charge >= 0.3 is 0 Å². The quantitative estimate of drug-likeness (QED) is 0.317. The van der Waals surface area contributed by atoms with Crippen LogP contribution in [-0.2, 0) is 0 Å². The Bertz CT molecular complexity index is 182. The molecule has 0 aliphatic heterocycles. The largest absolute Gasteiger partial charge is 0.317 e. The predicted octanol–water partition coefficient (Wildman–Crippen LogP) is 5.61. The first-order chi connectivity index (χ1) is 7.77. The zero-order valence-electron chi connectivity index (χ0n) is 12.3. The fraction of sp³-hybridized carbons (Fsp3) is 1.00. The standard InChI is InChI=1S/C15H32BrN/c1-5-11-14(2,3)12-9-7-6-8-10-13-15(4,16)17/h5-13,17H2,1-4H3. The third-order valence-electron chi connectivity index (χ3n) is 3.45. The van der Waals surface area contributed by atoms with Gasteiger partial charge in [-0.05, 0) is 31.6 Å². The molecule has 1 unspecified atom stereocenters. The van der Waals surface area contributed by atoms with Gasteiger partial charge in [0.1, 0.15) is 0 Å². The zero-order valence-corrected chi connectivity index (χ0v) is 13.9. The van der Waals surface area contributed by atoms with Crippen LogP contribution in [0.15, 0.2) is 0 Å². The highest BCUT2D eigenvalue weighted by molar-refractivity contribution is 9.10. The highest BCUT2D eigenvalue weighted by Gasteiger charge is 2.15. The van der Waals surface area contributed by atoms with Crippen LogP contribution in [0.1, 0.15) is 85.5 Å². The van der Waals surface area contributed by atoms with E-state index in [-0.39, 0.29) is 4.45 Å². The van der Waals surface area contributed by atoms with E-state index in [1.54, 1.807) is 0 Å². The Balaban J connectivity index is 3.35. The number of unbranched alkanes of at least 4 members (excludes halogenated alkanes) is 4. The molecule has 0 bridgehead atoms. The van der Waals surface area contributed by atoms with Crippen LogP contribution in [0.3, 0.4) is 0 Å². The summed E-state index contributed by atoms with van der Waals surface area (Å²) in [5.74, 6) is 0. The van der Waals surface area contributed by atoms with E-state index in [0.29, 0.717) is 5.41 Å². The molecule has 0 aromatic heterocycles. The summed E-state index contributed by atoms with van der Waals surface area (Å²) in [6.07, 6.45) is 11.9. The fourth-order valence-corrected chi connectivity index (χ4v) is 2.69. The Morgan fingerprint density at radius 2 is 1.29 bits per heavy atom. The minimum absolute atomic E-state index is 0.157. The molecule has 2 heteroatoms. The molecule has 0 aliphatic carbocycles.